The number of fused-ring (bicyclic) bond motifs is 1. The summed E-state index contributed by atoms with van der Waals surface area (Å²) in [6, 6.07) is 3.19. The largest absolute Gasteiger partial charge is 0.418 e. The van der Waals surface area contributed by atoms with Crippen molar-refractivity contribution >= 4 is 16.9 Å². The molecule has 29 heavy (non-hydrogen) atoms. The van der Waals surface area contributed by atoms with E-state index in [9.17, 15) is 26.3 Å². The van der Waals surface area contributed by atoms with Crippen LogP contribution in [-0.4, -0.2) is 52.0 Å². The maximum Gasteiger partial charge on any atom is 0.418 e. The second kappa shape index (κ2) is 6.87. The van der Waals surface area contributed by atoms with Gasteiger partial charge in [0.1, 0.15) is 23.2 Å². The number of piperazine rings is 1. The highest BCUT2D eigenvalue weighted by atomic mass is 19.4. The highest BCUT2D eigenvalue weighted by Gasteiger charge is 2.42. The van der Waals surface area contributed by atoms with Gasteiger partial charge in [0.2, 0.25) is 0 Å². The van der Waals surface area contributed by atoms with Crippen molar-refractivity contribution in [3.8, 4) is 11.4 Å². The third kappa shape index (κ3) is 3.71. The summed E-state index contributed by atoms with van der Waals surface area (Å²) in [6.45, 7) is -0.255. The average molecular weight is 416 g/mol. The average Bonchev–Trinajstić information content (AvgIpc) is 3.10. The Bertz CT molecular complexity index is 1030. The molecule has 3 aromatic rings. The van der Waals surface area contributed by atoms with Crippen LogP contribution in [-0.2, 0) is 6.18 Å². The standard InChI is InChI=1S/C17H14F6N6/c18-16(19,20)10-3-4-12(29-7-6-24-11(8-29)17(21,22)23)26-14(10)13-9-2-1-5-25-15(9)28-27-13/h1-5,11,24H,6-8H2,(H,25,27,28). The Balaban J connectivity index is 1.80. The van der Waals surface area contributed by atoms with Crippen LogP contribution in [0.5, 0.6) is 0 Å². The summed E-state index contributed by atoms with van der Waals surface area (Å²) in [5, 5.41) is 9.16. The van der Waals surface area contributed by atoms with Crippen LogP contribution in [0.4, 0.5) is 32.2 Å². The van der Waals surface area contributed by atoms with Crippen LogP contribution in [0.25, 0.3) is 22.4 Å². The summed E-state index contributed by atoms with van der Waals surface area (Å²) in [7, 11) is 0. The van der Waals surface area contributed by atoms with E-state index in [1.54, 1.807) is 12.1 Å². The van der Waals surface area contributed by atoms with Crippen LogP contribution in [0.3, 0.4) is 0 Å². The zero-order valence-corrected chi connectivity index (χ0v) is 14.6. The van der Waals surface area contributed by atoms with E-state index < -0.39 is 36.2 Å². The summed E-state index contributed by atoms with van der Waals surface area (Å²) >= 11 is 0. The molecule has 4 rings (SSSR count). The summed E-state index contributed by atoms with van der Waals surface area (Å²) in [4.78, 5) is 9.38. The number of hydrogen-bond acceptors (Lipinski definition) is 5. The molecule has 1 aliphatic heterocycles. The Labute approximate surface area is 159 Å². The number of alkyl halides is 6. The highest BCUT2D eigenvalue weighted by molar-refractivity contribution is 5.90. The van der Waals surface area contributed by atoms with Gasteiger partial charge in [0.15, 0.2) is 5.65 Å². The van der Waals surface area contributed by atoms with Crippen LogP contribution in [0.2, 0.25) is 0 Å². The molecule has 12 heteroatoms. The number of aromatic nitrogens is 4. The summed E-state index contributed by atoms with van der Waals surface area (Å²) in [5.41, 5.74) is -1.27. The maximum atomic E-state index is 13.6. The van der Waals surface area contributed by atoms with Gasteiger partial charge in [-0.25, -0.2) is 9.97 Å². The van der Waals surface area contributed by atoms with E-state index in [-0.39, 0.29) is 30.2 Å². The Hall–Kier alpha value is -2.89. The van der Waals surface area contributed by atoms with Crippen LogP contribution in [0.1, 0.15) is 5.56 Å². The van der Waals surface area contributed by atoms with Gasteiger partial charge in [-0.05, 0) is 24.3 Å². The lowest BCUT2D eigenvalue weighted by Crippen LogP contribution is -2.57. The van der Waals surface area contributed by atoms with Crippen molar-refractivity contribution in [2.75, 3.05) is 24.5 Å². The third-order valence-electron chi connectivity index (χ3n) is 4.64. The van der Waals surface area contributed by atoms with E-state index in [0.717, 1.165) is 12.1 Å². The molecule has 0 aromatic carbocycles. The molecule has 4 heterocycles. The molecule has 0 saturated carbocycles. The van der Waals surface area contributed by atoms with Crippen molar-refractivity contribution in [1.29, 1.82) is 0 Å². The zero-order valence-electron chi connectivity index (χ0n) is 14.6. The summed E-state index contributed by atoms with van der Waals surface area (Å²) in [6.07, 6.45) is -7.74. The molecule has 2 N–H and O–H groups in total. The van der Waals surface area contributed by atoms with Crippen molar-refractivity contribution in [2.24, 2.45) is 0 Å². The second-order valence-electron chi connectivity index (χ2n) is 6.53. The molecule has 6 nitrogen and oxygen atoms in total. The molecule has 0 bridgehead atoms. The fraction of sp³-hybridized carbons (Fsp3) is 0.353. The number of aromatic amines is 1. The first kappa shape index (κ1) is 19.4. The van der Waals surface area contributed by atoms with E-state index in [1.807, 2.05) is 0 Å². The zero-order chi connectivity index (χ0) is 20.8. The topological polar surface area (TPSA) is 69.7 Å². The lowest BCUT2D eigenvalue weighted by Gasteiger charge is -2.35. The molecule has 1 atom stereocenters. The van der Waals surface area contributed by atoms with Crippen molar-refractivity contribution in [2.45, 2.75) is 18.4 Å². The smallest absolute Gasteiger partial charge is 0.353 e. The Morgan fingerprint density at radius 2 is 1.83 bits per heavy atom. The molecule has 1 fully saturated rings. The molecule has 1 saturated heterocycles. The number of H-pyrrole nitrogens is 1. The van der Waals surface area contributed by atoms with Crippen LogP contribution < -0.4 is 10.2 Å². The van der Waals surface area contributed by atoms with E-state index in [4.69, 9.17) is 0 Å². The van der Waals surface area contributed by atoms with Gasteiger partial charge < -0.3 is 10.2 Å². The van der Waals surface area contributed by atoms with Crippen molar-refractivity contribution < 1.29 is 26.3 Å². The second-order valence-corrected chi connectivity index (χ2v) is 6.53. The molecule has 3 aromatic heterocycles. The SMILES string of the molecule is FC(F)(F)c1ccc(N2CCNC(C(F)(F)F)C2)nc1-c1n[nH]c2ncccc12. The maximum absolute atomic E-state index is 13.6. The normalized spacial score (nSPS) is 18.4. The first-order valence-electron chi connectivity index (χ1n) is 8.57. The molecular formula is C17H14F6N6. The van der Waals surface area contributed by atoms with Gasteiger partial charge in [-0.2, -0.15) is 31.4 Å². The minimum absolute atomic E-state index is 0.0174. The van der Waals surface area contributed by atoms with Gasteiger partial charge in [-0.3, -0.25) is 5.10 Å². The molecule has 0 radical (unpaired) electrons. The lowest BCUT2D eigenvalue weighted by atomic mass is 10.1. The number of nitrogens with one attached hydrogen (secondary N) is 2. The number of pyridine rings is 2. The Morgan fingerprint density at radius 3 is 2.55 bits per heavy atom. The van der Waals surface area contributed by atoms with E-state index in [2.05, 4.69) is 25.5 Å². The minimum Gasteiger partial charge on any atom is -0.353 e. The minimum atomic E-state index is -4.72. The number of hydrogen-bond donors (Lipinski definition) is 2. The molecule has 154 valence electrons. The van der Waals surface area contributed by atoms with Crippen molar-refractivity contribution in [1.82, 2.24) is 25.5 Å². The van der Waals surface area contributed by atoms with Crippen molar-refractivity contribution in [3.63, 3.8) is 0 Å². The van der Waals surface area contributed by atoms with E-state index >= 15 is 0 Å². The van der Waals surface area contributed by atoms with Crippen LogP contribution >= 0.6 is 0 Å². The molecular weight excluding hydrogens is 402 g/mol. The number of halogens is 6. The predicted molar refractivity (Wildman–Crippen MR) is 92.2 cm³/mol. The summed E-state index contributed by atoms with van der Waals surface area (Å²) < 4.78 is 79.8. The molecule has 1 unspecified atom stereocenters. The van der Waals surface area contributed by atoms with E-state index in [1.165, 1.54) is 11.1 Å². The molecule has 0 amide bonds. The fourth-order valence-electron chi connectivity index (χ4n) is 3.25. The Kier molecular flexibility index (Phi) is 4.60. The fourth-order valence-corrected chi connectivity index (χ4v) is 3.25. The number of nitrogens with zero attached hydrogens (tertiary/aromatic N) is 4. The summed E-state index contributed by atoms with van der Waals surface area (Å²) in [5.74, 6) is 0.0174. The molecule has 0 aliphatic carbocycles. The van der Waals surface area contributed by atoms with Gasteiger partial charge in [-0.15, -0.1) is 0 Å². The van der Waals surface area contributed by atoms with Crippen LogP contribution in [0, 0.1) is 0 Å². The number of anilines is 1. The first-order chi connectivity index (χ1) is 13.6. The van der Waals surface area contributed by atoms with E-state index in [0.29, 0.717) is 5.39 Å². The molecule has 1 aliphatic rings. The quantitative estimate of drug-likeness (QED) is 0.627. The molecule has 0 spiro atoms. The van der Waals surface area contributed by atoms with Gasteiger partial charge in [0.05, 0.1) is 5.56 Å². The third-order valence-corrected chi connectivity index (χ3v) is 4.64. The number of rotatable bonds is 2. The lowest BCUT2D eigenvalue weighted by molar-refractivity contribution is -0.155. The Morgan fingerprint density at radius 1 is 1.03 bits per heavy atom. The van der Waals surface area contributed by atoms with Gasteiger partial charge in [-0.1, -0.05) is 0 Å². The van der Waals surface area contributed by atoms with Crippen molar-refractivity contribution in [3.05, 3.63) is 36.0 Å². The first-order valence-corrected chi connectivity index (χ1v) is 8.57. The van der Waals surface area contributed by atoms with Crippen LogP contribution in [0.15, 0.2) is 30.5 Å². The van der Waals surface area contributed by atoms with Gasteiger partial charge >= 0.3 is 12.4 Å². The van der Waals surface area contributed by atoms with Gasteiger partial charge in [0, 0.05) is 31.2 Å². The van der Waals surface area contributed by atoms with Gasteiger partial charge in [0.25, 0.3) is 0 Å². The predicted octanol–water partition coefficient (Wildman–Crippen LogP) is 3.38. The monoisotopic (exact) mass is 416 g/mol. The highest BCUT2D eigenvalue weighted by Crippen LogP contribution is 2.38.